The van der Waals surface area contributed by atoms with Crippen molar-refractivity contribution in [3.05, 3.63) is 81.7 Å². The van der Waals surface area contributed by atoms with Crippen LogP contribution in [0.5, 0.6) is 11.5 Å². The third kappa shape index (κ3) is 5.59. The number of hydrogen-bond donors (Lipinski definition) is 1. The number of amidine groups is 1. The summed E-state index contributed by atoms with van der Waals surface area (Å²) in [5, 5.41) is 2.59. The van der Waals surface area contributed by atoms with Crippen LogP contribution in [-0.2, 0) is 16.1 Å². The highest BCUT2D eigenvalue weighted by atomic mass is 127. The molecule has 2 aliphatic rings. The molecule has 0 radical (unpaired) electrons. The van der Waals surface area contributed by atoms with Gasteiger partial charge in [0.15, 0.2) is 16.7 Å². The minimum Gasteiger partial charge on any atom is -0.454 e. The maximum Gasteiger partial charge on any atom is 0.238 e. The normalized spacial score (nSPS) is 18.1. The first-order valence-corrected chi connectivity index (χ1v) is 12.7. The largest absolute Gasteiger partial charge is 0.454 e. The Morgan fingerprint density at radius 1 is 1.09 bits per heavy atom. The molecule has 1 saturated heterocycles. The SMILES string of the molecule is O=C(Nc1ccc(I)cc1)C1CC(=O)N(Cc2ccc3c(c2)OCO3)C(=Nc2ccc(F)cc2)S1. The summed E-state index contributed by atoms with van der Waals surface area (Å²) < 4.78 is 25.3. The highest BCUT2D eigenvalue weighted by Crippen LogP contribution is 2.35. The molecule has 2 aliphatic heterocycles. The molecule has 1 N–H and O–H groups in total. The lowest BCUT2D eigenvalue weighted by Crippen LogP contribution is -2.44. The van der Waals surface area contributed by atoms with Crippen molar-refractivity contribution in [2.75, 3.05) is 12.1 Å². The molecule has 0 aromatic heterocycles. The number of fused-ring (bicyclic) bond motifs is 1. The zero-order valence-electron chi connectivity index (χ0n) is 18.2. The number of ether oxygens (including phenoxy) is 2. The summed E-state index contributed by atoms with van der Waals surface area (Å²) in [5.41, 5.74) is 1.97. The highest BCUT2D eigenvalue weighted by molar-refractivity contribution is 14.1. The molecule has 0 aliphatic carbocycles. The van der Waals surface area contributed by atoms with Crippen LogP contribution >= 0.6 is 34.4 Å². The summed E-state index contributed by atoms with van der Waals surface area (Å²) in [5.74, 6) is 0.379. The minimum atomic E-state index is -0.658. The van der Waals surface area contributed by atoms with E-state index in [1.165, 1.54) is 36.0 Å². The van der Waals surface area contributed by atoms with Gasteiger partial charge in [0, 0.05) is 15.7 Å². The summed E-state index contributed by atoms with van der Waals surface area (Å²) in [6.07, 6.45) is 0.0217. The first-order valence-electron chi connectivity index (χ1n) is 10.7. The Morgan fingerprint density at radius 3 is 2.60 bits per heavy atom. The molecule has 2 amide bonds. The fraction of sp³-hybridized carbons (Fsp3) is 0.160. The van der Waals surface area contributed by atoms with E-state index in [4.69, 9.17) is 9.47 Å². The third-order valence-corrected chi connectivity index (χ3v) is 7.28. The first kappa shape index (κ1) is 23.6. The monoisotopic (exact) mass is 603 g/mol. The lowest BCUT2D eigenvalue weighted by Gasteiger charge is -2.32. The Morgan fingerprint density at radius 2 is 1.83 bits per heavy atom. The summed E-state index contributed by atoms with van der Waals surface area (Å²) in [4.78, 5) is 32.4. The van der Waals surface area contributed by atoms with Crippen LogP contribution in [0.2, 0.25) is 0 Å². The number of benzene rings is 3. The Kier molecular flexibility index (Phi) is 6.91. The number of carbonyl (C=O) groups is 2. The van der Waals surface area contributed by atoms with E-state index in [1.54, 1.807) is 11.0 Å². The molecule has 35 heavy (non-hydrogen) atoms. The number of aliphatic imine (C=N–C) groups is 1. The second kappa shape index (κ2) is 10.2. The molecular formula is C25H19FIN3O4S. The van der Waals surface area contributed by atoms with Crippen LogP contribution in [0.1, 0.15) is 12.0 Å². The number of rotatable bonds is 5. The summed E-state index contributed by atoms with van der Waals surface area (Å²) >= 11 is 3.40. The van der Waals surface area contributed by atoms with Crippen molar-refractivity contribution >= 4 is 62.7 Å². The van der Waals surface area contributed by atoms with E-state index in [-0.39, 0.29) is 37.4 Å². The summed E-state index contributed by atoms with van der Waals surface area (Å²) in [7, 11) is 0. The third-order valence-electron chi connectivity index (χ3n) is 5.37. The van der Waals surface area contributed by atoms with Crippen LogP contribution in [0.25, 0.3) is 0 Å². The zero-order valence-corrected chi connectivity index (χ0v) is 21.2. The van der Waals surface area contributed by atoms with Crippen LogP contribution in [-0.4, -0.2) is 33.9 Å². The number of nitrogens with zero attached hydrogens (tertiary/aromatic N) is 2. The predicted octanol–water partition coefficient (Wildman–Crippen LogP) is 5.32. The molecule has 2 heterocycles. The van der Waals surface area contributed by atoms with Gasteiger partial charge in [-0.1, -0.05) is 17.8 Å². The number of halogens is 2. The van der Waals surface area contributed by atoms with Gasteiger partial charge < -0.3 is 14.8 Å². The van der Waals surface area contributed by atoms with E-state index in [0.29, 0.717) is 28.0 Å². The van der Waals surface area contributed by atoms with Crippen LogP contribution in [0.3, 0.4) is 0 Å². The smallest absolute Gasteiger partial charge is 0.238 e. The highest BCUT2D eigenvalue weighted by Gasteiger charge is 2.36. The summed E-state index contributed by atoms with van der Waals surface area (Å²) in [6, 6.07) is 18.6. The molecule has 1 atom stereocenters. The van der Waals surface area contributed by atoms with Gasteiger partial charge in [-0.05, 0) is 88.8 Å². The first-order chi connectivity index (χ1) is 16.9. The number of anilines is 1. The van der Waals surface area contributed by atoms with E-state index < -0.39 is 5.25 Å². The van der Waals surface area contributed by atoms with Gasteiger partial charge in [0.2, 0.25) is 18.6 Å². The average Bonchev–Trinajstić information content (AvgIpc) is 3.32. The molecule has 0 spiro atoms. The Labute approximate surface area is 218 Å². The van der Waals surface area contributed by atoms with E-state index >= 15 is 0 Å². The fourth-order valence-corrected chi connectivity index (χ4v) is 5.06. The van der Waals surface area contributed by atoms with Crippen molar-refractivity contribution in [3.8, 4) is 11.5 Å². The minimum absolute atomic E-state index is 0.0217. The molecule has 3 aromatic carbocycles. The molecule has 5 rings (SSSR count). The Balaban J connectivity index is 1.40. The van der Waals surface area contributed by atoms with Gasteiger partial charge in [-0.3, -0.25) is 14.5 Å². The standard InChI is InChI=1S/C25H19FIN3O4S/c26-16-2-6-19(7-3-16)29-25-30(13-15-1-10-20-21(11-15)34-14-33-20)23(31)12-22(35-25)24(32)28-18-8-4-17(27)5-9-18/h1-11,22H,12-14H2,(H,28,32). The van der Waals surface area contributed by atoms with Gasteiger partial charge in [0.25, 0.3) is 0 Å². The van der Waals surface area contributed by atoms with Crippen molar-refractivity contribution in [1.29, 1.82) is 0 Å². The molecule has 10 heteroatoms. The molecule has 7 nitrogen and oxygen atoms in total. The number of hydrogen-bond acceptors (Lipinski definition) is 6. The van der Waals surface area contributed by atoms with Gasteiger partial charge >= 0.3 is 0 Å². The van der Waals surface area contributed by atoms with Crippen molar-refractivity contribution in [2.45, 2.75) is 18.2 Å². The number of carbonyl (C=O) groups excluding carboxylic acids is 2. The van der Waals surface area contributed by atoms with Gasteiger partial charge in [-0.15, -0.1) is 0 Å². The van der Waals surface area contributed by atoms with Crippen LogP contribution in [0.15, 0.2) is 71.7 Å². The maximum absolute atomic E-state index is 13.4. The van der Waals surface area contributed by atoms with Gasteiger partial charge in [-0.25, -0.2) is 9.38 Å². The molecule has 1 fully saturated rings. The van der Waals surface area contributed by atoms with Crippen molar-refractivity contribution in [3.63, 3.8) is 0 Å². The number of amides is 2. The van der Waals surface area contributed by atoms with E-state index in [1.807, 2.05) is 36.4 Å². The van der Waals surface area contributed by atoms with Crippen molar-refractivity contribution in [1.82, 2.24) is 4.90 Å². The van der Waals surface area contributed by atoms with Crippen molar-refractivity contribution in [2.24, 2.45) is 4.99 Å². The maximum atomic E-state index is 13.4. The Bertz CT molecular complexity index is 1300. The molecule has 0 bridgehead atoms. The molecule has 178 valence electrons. The molecule has 1 unspecified atom stereocenters. The fourth-order valence-electron chi connectivity index (χ4n) is 3.60. The summed E-state index contributed by atoms with van der Waals surface area (Å²) in [6.45, 7) is 0.403. The number of thioether (sulfide) groups is 1. The van der Waals surface area contributed by atoms with E-state index in [0.717, 1.165) is 9.13 Å². The average molecular weight is 603 g/mol. The second-order valence-electron chi connectivity index (χ2n) is 7.85. The predicted molar refractivity (Wildman–Crippen MR) is 140 cm³/mol. The second-order valence-corrected chi connectivity index (χ2v) is 10.3. The topological polar surface area (TPSA) is 80.2 Å². The molecular weight excluding hydrogens is 584 g/mol. The lowest BCUT2D eigenvalue weighted by atomic mass is 10.1. The van der Waals surface area contributed by atoms with Crippen molar-refractivity contribution < 1.29 is 23.5 Å². The molecule has 3 aromatic rings. The molecule has 0 saturated carbocycles. The van der Waals surface area contributed by atoms with E-state index in [2.05, 4.69) is 32.9 Å². The number of nitrogens with one attached hydrogen (secondary N) is 1. The van der Waals surface area contributed by atoms with E-state index in [9.17, 15) is 14.0 Å². The quantitative estimate of drug-likeness (QED) is 0.400. The van der Waals surface area contributed by atoms with Crippen LogP contribution in [0.4, 0.5) is 15.8 Å². The Hall–Kier alpha value is -3.12. The van der Waals surface area contributed by atoms with Crippen LogP contribution in [0, 0.1) is 9.39 Å². The van der Waals surface area contributed by atoms with Gasteiger partial charge in [0.1, 0.15) is 11.1 Å². The zero-order chi connectivity index (χ0) is 24.4. The lowest BCUT2D eigenvalue weighted by molar-refractivity contribution is -0.129. The van der Waals surface area contributed by atoms with Gasteiger partial charge in [-0.2, -0.15) is 0 Å². The van der Waals surface area contributed by atoms with Crippen LogP contribution < -0.4 is 14.8 Å². The van der Waals surface area contributed by atoms with Gasteiger partial charge in [0.05, 0.1) is 12.2 Å².